The summed E-state index contributed by atoms with van der Waals surface area (Å²) >= 11 is 5.87. The van der Waals surface area contributed by atoms with Gasteiger partial charge in [-0.1, -0.05) is 11.6 Å². The highest BCUT2D eigenvalue weighted by Gasteiger charge is 2.23. The maximum absolute atomic E-state index is 12.0. The van der Waals surface area contributed by atoms with E-state index in [0.29, 0.717) is 0 Å². The molecule has 1 aromatic heterocycles. The average Bonchev–Trinajstić information content (AvgIpc) is 2.33. The minimum atomic E-state index is -3.37. The van der Waals surface area contributed by atoms with Crippen molar-refractivity contribution >= 4 is 33.3 Å². The lowest BCUT2D eigenvalue weighted by atomic mass is 10.1. The molecule has 5 N–H and O–H groups in total. The van der Waals surface area contributed by atoms with Gasteiger partial charge in [0, 0.05) is 18.3 Å². The molecule has 1 rings (SSSR count). The molecule has 118 valence electrons. The lowest BCUT2D eigenvalue weighted by Crippen LogP contribution is -2.51. The van der Waals surface area contributed by atoms with Crippen LogP contribution in [0.4, 0.5) is 5.82 Å². The van der Waals surface area contributed by atoms with Crippen molar-refractivity contribution in [3.63, 3.8) is 0 Å². The van der Waals surface area contributed by atoms with Gasteiger partial charge in [-0.2, -0.15) is 0 Å². The van der Waals surface area contributed by atoms with Crippen LogP contribution in [0.15, 0.2) is 12.3 Å². The van der Waals surface area contributed by atoms with E-state index in [1.807, 2.05) is 0 Å². The Morgan fingerprint density at radius 1 is 1.48 bits per heavy atom. The number of hydrogen-bond acceptors (Lipinski definition) is 6. The molecule has 0 spiro atoms. The fourth-order valence-electron chi connectivity index (χ4n) is 1.61. The summed E-state index contributed by atoms with van der Waals surface area (Å²) in [6.07, 6.45) is 2.37. The summed E-state index contributed by atoms with van der Waals surface area (Å²) in [6, 6.07) is 1.41. The molecule has 1 aromatic rings. The van der Waals surface area contributed by atoms with E-state index < -0.39 is 21.5 Å². The van der Waals surface area contributed by atoms with Crippen LogP contribution in [0.25, 0.3) is 0 Å². The SMILES string of the molecule is CC(C)(CNC(=O)c1cnc(NN)c(Cl)c1)NS(C)(=O)=O. The molecule has 21 heavy (non-hydrogen) atoms. The van der Waals surface area contributed by atoms with Gasteiger partial charge in [0.15, 0.2) is 5.82 Å². The monoisotopic (exact) mass is 335 g/mol. The van der Waals surface area contributed by atoms with E-state index in [1.54, 1.807) is 13.8 Å². The van der Waals surface area contributed by atoms with Crippen LogP contribution >= 0.6 is 11.6 Å². The fraction of sp³-hybridized carbons (Fsp3) is 0.455. The summed E-state index contributed by atoms with van der Waals surface area (Å²) in [5.74, 6) is 5.03. The molecule has 1 heterocycles. The van der Waals surface area contributed by atoms with Crippen molar-refractivity contribution < 1.29 is 13.2 Å². The molecule has 0 aromatic carbocycles. The predicted octanol–water partition coefficient (Wildman–Crippen LogP) is 0.0782. The van der Waals surface area contributed by atoms with Gasteiger partial charge >= 0.3 is 0 Å². The van der Waals surface area contributed by atoms with Crippen molar-refractivity contribution in [3.05, 3.63) is 22.8 Å². The number of carbonyl (C=O) groups is 1. The zero-order valence-corrected chi connectivity index (χ0v) is 13.5. The van der Waals surface area contributed by atoms with Crippen LogP contribution in [0, 0.1) is 0 Å². The number of hydrazine groups is 1. The van der Waals surface area contributed by atoms with Gasteiger partial charge in [-0.25, -0.2) is 24.0 Å². The van der Waals surface area contributed by atoms with Gasteiger partial charge in [-0.15, -0.1) is 0 Å². The third kappa shape index (κ3) is 5.84. The molecular formula is C11H18ClN5O3S. The number of nitrogens with zero attached hydrogens (tertiary/aromatic N) is 1. The van der Waals surface area contributed by atoms with Crippen LogP contribution in [0.1, 0.15) is 24.2 Å². The summed E-state index contributed by atoms with van der Waals surface area (Å²) in [4.78, 5) is 15.9. The number of sulfonamides is 1. The Hall–Kier alpha value is -1.42. The van der Waals surface area contributed by atoms with E-state index in [9.17, 15) is 13.2 Å². The maximum Gasteiger partial charge on any atom is 0.252 e. The van der Waals surface area contributed by atoms with Crippen LogP contribution in [0.3, 0.4) is 0 Å². The van der Waals surface area contributed by atoms with E-state index in [4.69, 9.17) is 17.4 Å². The number of pyridine rings is 1. The van der Waals surface area contributed by atoms with E-state index >= 15 is 0 Å². The summed E-state index contributed by atoms with van der Waals surface area (Å²) < 4.78 is 24.8. The van der Waals surface area contributed by atoms with Crippen LogP contribution in [-0.4, -0.2) is 37.6 Å². The first-order chi connectivity index (χ1) is 9.54. The quantitative estimate of drug-likeness (QED) is 0.431. The van der Waals surface area contributed by atoms with E-state index in [1.165, 1.54) is 12.3 Å². The molecule has 10 heteroatoms. The summed E-state index contributed by atoms with van der Waals surface area (Å²) in [5.41, 5.74) is 1.72. The van der Waals surface area contributed by atoms with Gasteiger partial charge in [0.1, 0.15) is 0 Å². The second kappa shape index (κ2) is 6.56. The zero-order valence-electron chi connectivity index (χ0n) is 11.9. The molecule has 0 atom stereocenters. The second-order valence-electron chi connectivity index (χ2n) is 5.14. The Kier molecular flexibility index (Phi) is 5.51. The first kappa shape index (κ1) is 17.6. The number of carbonyl (C=O) groups excluding carboxylic acids is 1. The van der Waals surface area contributed by atoms with E-state index in [0.717, 1.165) is 6.26 Å². The Morgan fingerprint density at radius 2 is 2.10 bits per heavy atom. The largest absolute Gasteiger partial charge is 0.350 e. The van der Waals surface area contributed by atoms with Crippen molar-refractivity contribution in [2.45, 2.75) is 19.4 Å². The number of nitrogens with two attached hydrogens (primary N) is 1. The Labute approximate surface area is 128 Å². The van der Waals surface area contributed by atoms with Crippen LogP contribution in [-0.2, 0) is 10.0 Å². The third-order valence-electron chi connectivity index (χ3n) is 2.39. The highest BCUT2D eigenvalue weighted by atomic mass is 35.5. The van der Waals surface area contributed by atoms with E-state index in [2.05, 4.69) is 20.4 Å². The molecule has 0 saturated carbocycles. The van der Waals surface area contributed by atoms with Gasteiger partial charge in [0.2, 0.25) is 10.0 Å². The Balaban J connectivity index is 2.72. The second-order valence-corrected chi connectivity index (χ2v) is 7.30. The topological polar surface area (TPSA) is 126 Å². The smallest absolute Gasteiger partial charge is 0.252 e. The number of hydrogen-bond donors (Lipinski definition) is 4. The molecule has 0 aliphatic carbocycles. The molecule has 0 aliphatic heterocycles. The summed E-state index contributed by atoms with van der Waals surface area (Å²) in [5, 5.41) is 2.82. The third-order valence-corrected chi connectivity index (χ3v) is 3.60. The van der Waals surface area contributed by atoms with Crippen molar-refractivity contribution in [1.29, 1.82) is 0 Å². The average molecular weight is 336 g/mol. The van der Waals surface area contributed by atoms with Gasteiger partial charge < -0.3 is 10.7 Å². The van der Waals surface area contributed by atoms with Gasteiger partial charge in [-0.05, 0) is 19.9 Å². The van der Waals surface area contributed by atoms with Gasteiger partial charge in [0.25, 0.3) is 5.91 Å². The molecule has 0 fully saturated rings. The molecule has 0 radical (unpaired) electrons. The molecule has 0 unspecified atom stereocenters. The highest BCUT2D eigenvalue weighted by Crippen LogP contribution is 2.18. The Bertz CT molecular complexity index is 633. The van der Waals surface area contributed by atoms with E-state index in [-0.39, 0.29) is 22.9 Å². The zero-order chi connectivity index (χ0) is 16.3. The minimum absolute atomic E-state index is 0.105. The molecule has 1 amide bonds. The maximum atomic E-state index is 12.0. The van der Waals surface area contributed by atoms with Crippen molar-refractivity contribution in [2.75, 3.05) is 18.2 Å². The first-order valence-electron chi connectivity index (χ1n) is 5.93. The molecule has 0 aliphatic rings. The summed E-state index contributed by atoms with van der Waals surface area (Å²) in [6.45, 7) is 3.41. The number of anilines is 1. The van der Waals surface area contributed by atoms with Crippen LogP contribution in [0.2, 0.25) is 5.02 Å². The van der Waals surface area contributed by atoms with Crippen molar-refractivity contribution in [2.24, 2.45) is 5.84 Å². The van der Waals surface area contributed by atoms with Crippen LogP contribution in [0.5, 0.6) is 0 Å². The fourth-order valence-corrected chi connectivity index (χ4v) is 2.91. The van der Waals surface area contributed by atoms with Crippen molar-refractivity contribution in [1.82, 2.24) is 15.0 Å². The van der Waals surface area contributed by atoms with Gasteiger partial charge in [0.05, 0.1) is 16.8 Å². The normalized spacial score (nSPS) is 12.0. The predicted molar refractivity (Wildman–Crippen MR) is 81.4 cm³/mol. The molecular weight excluding hydrogens is 318 g/mol. The lowest BCUT2D eigenvalue weighted by Gasteiger charge is -2.25. The summed E-state index contributed by atoms with van der Waals surface area (Å²) in [7, 11) is -3.37. The molecule has 8 nitrogen and oxygen atoms in total. The first-order valence-corrected chi connectivity index (χ1v) is 8.20. The molecule has 0 saturated heterocycles. The number of aromatic nitrogens is 1. The van der Waals surface area contributed by atoms with Gasteiger partial charge in [-0.3, -0.25) is 4.79 Å². The minimum Gasteiger partial charge on any atom is -0.350 e. The number of amides is 1. The Morgan fingerprint density at radius 3 is 2.57 bits per heavy atom. The number of nitrogen functional groups attached to an aromatic ring is 1. The molecule has 0 bridgehead atoms. The highest BCUT2D eigenvalue weighted by molar-refractivity contribution is 7.88. The lowest BCUT2D eigenvalue weighted by molar-refractivity contribution is 0.0944. The number of nitrogens with one attached hydrogen (secondary N) is 3. The van der Waals surface area contributed by atoms with Crippen LogP contribution < -0.4 is 21.3 Å². The number of halogens is 1. The number of rotatable bonds is 6. The van der Waals surface area contributed by atoms with Crippen molar-refractivity contribution in [3.8, 4) is 0 Å². The standard InChI is InChI=1S/C11H18ClN5O3S/c1-11(2,17-21(3,19)20)6-15-10(18)7-4-8(12)9(16-13)14-5-7/h4-5,17H,6,13H2,1-3H3,(H,14,16)(H,15,18).